The number of rotatable bonds is 3. The van der Waals surface area contributed by atoms with Gasteiger partial charge in [0.25, 0.3) is 0 Å². The van der Waals surface area contributed by atoms with Crippen LogP contribution >= 0.6 is 0 Å². The van der Waals surface area contributed by atoms with Gasteiger partial charge in [-0.1, -0.05) is 0 Å². The molecule has 0 bridgehead atoms. The molecular weight excluding hydrogens is 252 g/mol. The number of nitrogens with one attached hydrogen (secondary N) is 1. The minimum atomic E-state index is -1.08. The minimum absolute atomic E-state index is 0.0141. The Morgan fingerprint density at radius 3 is 2.74 bits per heavy atom. The van der Waals surface area contributed by atoms with E-state index in [0.717, 1.165) is 19.3 Å². The van der Waals surface area contributed by atoms with Crippen molar-refractivity contribution in [1.82, 2.24) is 10.2 Å². The van der Waals surface area contributed by atoms with Crippen LogP contribution in [0.4, 0.5) is 4.79 Å². The summed E-state index contributed by atoms with van der Waals surface area (Å²) in [5.41, 5.74) is 0. The molecular formula is C12H20N2O5. The molecule has 2 amide bonds. The van der Waals surface area contributed by atoms with E-state index < -0.39 is 24.1 Å². The first-order valence-electron chi connectivity index (χ1n) is 6.53. The summed E-state index contributed by atoms with van der Waals surface area (Å²) in [6.45, 7) is 0.0627. The second kappa shape index (κ2) is 5.75. The molecule has 1 aliphatic heterocycles. The molecule has 3 N–H and O–H groups in total. The Kier molecular flexibility index (Phi) is 4.26. The maximum absolute atomic E-state index is 12.1. The third-order valence-electron chi connectivity index (χ3n) is 3.89. The van der Waals surface area contributed by atoms with E-state index in [0.29, 0.717) is 0 Å². The molecule has 1 saturated carbocycles. The lowest BCUT2D eigenvalue weighted by Crippen LogP contribution is -2.51. The summed E-state index contributed by atoms with van der Waals surface area (Å²) in [6.07, 6.45) is 2.01. The van der Waals surface area contributed by atoms with Crippen molar-refractivity contribution in [2.24, 2.45) is 0 Å². The molecule has 0 spiro atoms. The molecule has 7 nitrogen and oxygen atoms in total. The molecule has 108 valence electrons. The number of hydrogen-bond acceptors (Lipinski definition) is 4. The number of likely N-dealkylation sites (tertiary alicyclic amines) is 1. The molecule has 19 heavy (non-hydrogen) atoms. The van der Waals surface area contributed by atoms with Gasteiger partial charge >= 0.3 is 12.0 Å². The number of carboxylic acids is 1. The highest BCUT2D eigenvalue weighted by Gasteiger charge is 2.40. The van der Waals surface area contributed by atoms with E-state index >= 15 is 0 Å². The van der Waals surface area contributed by atoms with Gasteiger partial charge in [-0.25, -0.2) is 9.59 Å². The van der Waals surface area contributed by atoms with Gasteiger partial charge in [-0.05, 0) is 19.3 Å². The standard InChI is InChI=1S/C12H20N2O5/c1-19-10-4-2-3-8(10)13-12(18)14-6-7(15)5-9(14)11(16)17/h7-10,15H,2-6H2,1H3,(H,13,18)(H,16,17)/t7?,8?,9-,10?/m0/s1. The zero-order chi connectivity index (χ0) is 14.0. The van der Waals surface area contributed by atoms with Crippen molar-refractivity contribution in [3.05, 3.63) is 0 Å². The van der Waals surface area contributed by atoms with Crippen molar-refractivity contribution < 1.29 is 24.5 Å². The number of nitrogens with zero attached hydrogens (tertiary/aromatic N) is 1. The number of aliphatic hydroxyl groups excluding tert-OH is 1. The number of carbonyl (C=O) groups excluding carboxylic acids is 1. The second-order valence-corrected chi connectivity index (χ2v) is 5.16. The van der Waals surface area contributed by atoms with E-state index in [4.69, 9.17) is 9.84 Å². The number of carbonyl (C=O) groups is 2. The first kappa shape index (κ1) is 14.1. The van der Waals surface area contributed by atoms with E-state index in [9.17, 15) is 14.7 Å². The Hall–Kier alpha value is -1.34. The topological polar surface area (TPSA) is 99.1 Å². The molecule has 7 heteroatoms. The predicted molar refractivity (Wildman–Crippen MR) is 65.7 cm³/mol. The van der Waals surface area contributed by atoms with Crippen LogP contribution in [0.3, 0.4) is 0 Å². The van der Waals surface area contributed by atoms with Gasteiger partial charge in [0.05, 0.1) is 18.2 Å². The van der Waals surface area contributed by atoms with Crippen molar-refractivity contribution in [3.63, 3.8) is 0 Å². The molecule has 0 aromatic heterocycles. The minimum Gasteiger partial charge on any atom is -0.480 e. The molecule has 0 aromatic carbocycles. The fourth-order valence-corrected chi connectivity index (χ4v) is 2.89. The quantitative estimate of drug-likeness (QED) is 0.660. The van der Waals surface area contributed by atoms with E-state index in [1.54, 1.807) is 7.11 Å². The van der Waals surface area contributed by atoms with Crippen LogP contribution in [-0.4, -0.2) is 65.1 Å². The Morgan fingerprint density at radius 2 is 2.11 bits per heavy atom. The smallest absolute Gasteiger partial charge is 0.326 e. The fourth-order valence-electron chi connectivity index (χ4n) is 2.89. The highest BCUT2D eigenvalue weighted by Crippen LogP contribution is 2.23. The maximum Gasteiger partial charge on any atom is 0.326 e. The highest BCUT2D eigenvalue weighted by atomic mass is 16.5. The van der Waals surface area contributed by atoms with Gasteiger partial charge in [0, 0.05) is 20.1 Å². The number of urea groups is 1. The Bertz CT molecular complexity index is 362. The lowest BCUT2D eigenvalue weighted by atomic mass is 10.2. The number of amides is 2. The Morgan fingerprint density at radius 1 is 1.37 bits per heavy atom. The Balaban J connectivity index is 1.97. The van der Waals surface area contributed by atoms with Gasteiger partial charge < -0.3 is 25.2 Å². The van der Waals surface area contributed by atoms with Gasteiger partial charge in [-0.2, -0.15) is 0 Å². The van der Waals surface area contributed by atoms with Crippen LogP contribution in [0.2, 0.25) is 0 Å². The van der Waals surface area contributed by atoms with Crippen LogP contribution in [0.25, 0.3) is 0 Å². The summed E-state index contributed by atoms with van der Waals surface area (Å²) in [5, 5.41) is 21.4. The normalized spacial score (nSPS) is 34.5. The third kappa shape index (κ3) is 2.98. The van der Waals surface area contributed by atoms with Gasteiger partial charge in [0.1, 0.15) is 6.04 Å². The summed E-state index contributed by atoms with van der Waals surface area (Å²) in [6, 6.07) is -1.46. The molecule has 2 aliphatic rings. The lowest BCUT2D eigenvalue weighted by molar-refractivity contribution is -0.141. The lowest BCUT2D eigenvalue weighted by Gasteiger charge is -2.26. The molecule has 1 saturated heterocycles. The van der Waals surface area contributed by atoms with E-state index in [1.165, 1.54) is 4.90 Å². The Labute approximate surface area is 111 Å². The van der Waals surface area contributed by atoms with Crippen LogP contribution in [-0.2, 0) is 9.53 Å². The summed E-state index contributed by atoms with van der Waals surface area (Å²) >= 11 is 0. The number of β-amino-alcohol motifs (C(OH)–C–C–N with tert-alkyl or cyclic N) is 1. The van der Waals surface area contributed by atoms with Gasteiger partial charge in [-0.3, -0.25) is 0 Å². The molecule has 2 rings (SSSR count). The summed E-state index contributed by atoms with van der Waals surface area (Å²) < 4.78 is 5.28. The molecule has 0 aromatic rings. The third-order valence-corrected chi connectivity index (χ3v) is 3.89. The van der Waals surface area contributed by atoms with Crippen molar-refractivity contribution in [2.75, 3.05) is 13.7 Å². The van der Waals surface area contributed by atoms with Crippen LogP contribution < -0.4 is 5.32 Å². The number of aliphatic hydroxyl groups is 1. The van der Waals surface area contributed by atoms with E-state index in [2.05, 4.69) is 5.32 Å². The largest absolute Gasteiger partial charge is 0.480 e. The average Bonchev–Trinajstić information content (AvgIpc) is 2.95. The van der Waals surface area contributed by atoms with Gasteiger partial charge in [0.15, 0.2) is 0 Å². The van der Waals surface area contributed by atoms with Crippen LogP contribution in [0.15, 0.2) is 0 Å². The van der Waals surface area contributed by atoms with Gasteiger partial charge in [0.2, 0.25) is 0 Å². The van der Waals surface area contributed by atoms with Crippen molar-refractivity contribution in [2.45, 2.75) is 50.0 Å². The SMILES string of the molecule is COC1CCCC1NC(=O)N1CC(O)C[C@H]1C(=O)O. The van der Waals surface area contributed by atoms with Crippen molar-refractivity contribution in [1.29, 1.82) is 0 Å². The van der Waals surface area contributed by atoms with Crippen molar-refractivity contribution >= 4 is 12.0 Å². The summed E-state index contributed by atoms with van der Waals surface area (Å²) in [5.74, 6) is -1.08. The van der Waals surface area contributed by atoms with E-state index in [-0.39, 0.29) is 25.1 Å². The maximum atomic E-state index is 12.1. The monoisotopic (exact) mass is 272 g/mol. The fraction of sp³-hybridized carbons (Fsp3) is 0.833. The first-order valence-corrected chi connectivity index (χ1v) is 6.53. The molecule has 2 fully saturated rings. The second-order valence-electron chi connectivity index (χ2n) is 5.16. The zero-order valence-corrected chi connectivity index (χ0v) is 10.9. The van der Waals surface area contributed by atoms with Gasteiger partial charge in [-0.15, -0.1) is 0 Å². The number of methoxy groups -OCH3 is 1. The molecule has 1 heterocycles. The molecule has 0 radical (unpaired) electrons. The number of aliphatic carboxylic acids is 1. The summed E-state index contributed by atoms with van der Waals surface area (Å²) in [7, 11) is 1.61. The highest BCUT2D eigenvalue weighted by molar-refractivity contribution is 5.83. The number of hydrogen-bond donors (Lipinski definition) is 3. The van der Waals surface area contributed by atoms with Crippen LogP contribution in [0, 0.1) is 0 Å². The number of ether oxygens (including phenoxy) is 1. The zero-order valence-electron chi connectivity index (χ0n) is 10.9. The molecule has 4 atom stereocenters. The number of carboxylic acid groups (broad SMARTS) is 1. The van der Waals surface area contributed by atoms with Crippen LogP contribution in [0.5, 0.6) is 0 Å². The molecule has 3 unspecified atom stereocenters. The van der Waals surface area contributed by atoms with Crippen molar-refractivity contribution in [3.8, 4) is 0 Å². The molecule has 1 aliphatic carbocycles. The predicted octanol–water partition coefficient (Wildman–Crippen LogP) is -0.217. The summed E-state index contributed by atoms with van der Waals surface area (Å²) in [4.78, 5) is 24.4. The average molecular weight is 272 g/mol. The van der Waals surface area contributed by atoms with E-state index in [1.807, 2.05) is 0 Å². The van der Waals surface area contributed by atoms with Crippen LogP contribution in [0.1, 0.15) is 25.7 Å². The first-order chi connectivity index (χ1) is 9.02.